The number of amides is 2. The fourth-order valence-corrected chi connectivity index (χ4v) is 2.18. The van der Waals surface area contributed by atoms with Crippen LogP contribution in [0.1, 0.15) is 25.8 Å². The van der Waals surface area contributed by atoms with Gasteiger partial charge in [-0.15, -0.1) is 0 Å². The van der Waals surface area contributed by atoms with E-state index in [-0.39, 0.29) is 13.0 Å². The minimum atomic E-state index is -1.16. The summed E-state index contributed by atoms with van der Waals surface area (Å²) in [5, 5.41) is 2.31. The van der Waals surface area contributed by atoms with Gasteiger partial charge in [0.15, 0.2) is 0 Å². The Morgan fingerprint density at radius 3 is 2.33 bits per heavy atom. The van der Waals surface area contributed by atoms with E-state index in [0.29, 0.717) is 0 Å². The minimum absolute atomic E-state index is 0.129. The third-order valence-electron chi connectivity index (χ3n) is 3.39. The number of benzene rings is 1. The lowest BCUT2D eigenvalue weighted by Gasteiger charge is -2.21. The van der Waals surface area contributed by atoms with Crippen molar-refractivity contribution in [2.24, 2.45) is 11.7 Å². The Kier molecular flexibility index (Phi) is 7.29. The molecule has 1 aromatic carbocycles. The van der Waals surface area contributed by atoms with Crippen molar-refractivity contribution in [3.05, 3.63) is 35.4 Å². The van der Waals surface area contributed by atoms with Crippen LogP contribution in [0, 0.1) is 17.6 Å². The quantitative estimate of drug-likeness (QED) is 0.690. The third kappa shape index (κ3) is 5.60. The van der Waals surface area contributed by atoms with Crippen LogP contribution in [0.4, 0.5) is 8.78 Å². The zero-order valence-electron chi connectivity index (χ0n) is 13.5. The number of carbonyl (C=O) groups is 3. The molecule has 0 heterocycles. The normalized spacial score (nSPS) is 13.0. The van der Waals surface area contributed by atoms with E-state index in [1.807, 2.05) is 0 Å². The van der Waals surface area contributed by atoms with Crippen LogP contribution in [0.15, 0.2) is 18.2 Å². The van der Waals surface area contributed by atoms with Gasteiger partial charge in [-0.2, -0.15) is 0 Å². The van der Waals surface area contributed by atoms with Crippen LogP contribution >= 0.6 is 0 Å². The van der Waals surface area contributed by atoms with Crippen molar-refractivity contribution in [1.29, 1.82) is 0 Å². The van der Waals surface area contributed by atoms with Gasteiger partial charge in [0.25, 0.3) is 0 Å². The molecule has 0 aromatic heterocycles. The van der Waals surface area contributed by atoms with Gasteiger partial charge in [0, 0.05) is 5.56 Å². The Labute approximate surface area is 138 Å². The van der Waals surface area contributed by atoms with Gasteiger partial charge in [0.2, 0.25) is 11.8 Å². The molecule has 0 aliphatic rings. The number of primary amides is 1. The second-order valence-electron chi connectivity index (χ2n) is 5.31. The first-order chi connectivity index (χ1) is 11.3. The molecule has 0 radical (unpaired) electrons. The summed E-state index contributed by atoms with van der Waals surface area (Å²) in [5.74, 6) is -4.52. The van der Waals surface area contributed by atoms with Crippen LogP contribution in [0.2, 0.25) is 0 Å². The highest BCUT2D eigenvalue weighted by atomic mass is 19.1. The lowest BCUT2D eigenvalue weighted by molar-refractivity contribution is -0.144. The monoisotopic (exact) mass is 342 g/mol. The van der Waals surface area contributed by atoms with Gasteiger partial charge in [-0.1, -0.05) is 13.0 Å². The zero-order valence-corrected chi connectivity index (χ0v) is 13.5. The third-order valence-corrected chi connectivity index (χ3v) is 3.39. The summed E-state index contributed by atoms with van der Waals surface area (Å²) >= 11 is 0. The number of ether oxygens (including phenoxy) is 1. The second-order valence-corrected chi connectivity index (χ2v) is 5.31. The van der Waals surface area contributed by atoms with Crippen molar-refractivity contribution < 1.29 is 27.9 Å². The Balaban J connectivity index is 2.76. The first-order valence-corrected chi connectivity index (χ1v) is 7.43. The topological polar surface area (TPSA) is 98.5 Å². The van der Waals surface area contributed by atoms with Gasteiger partial charge in [-0.25, -0.2) is 8.78 Å². The first kappa shape index (κ1) is 19.5. The molecule has 2 atom stereocenters. The molecule has 0 saturated heterocycles. The van der Waals surface area contributed by atoms with E-state index in [2.05, 4.69) is 5.32 Å². The van der Waals surface area contributed by atoms with Crippen LogP contribution in [0.3, 0.4) is 0 Å². The summed E-state index contributed by atoms with van der Waals surface area (Å²) in [6.07, 6.45) is -0.718. The lowest BCUT2D eigenvalue weighted by Crippen LogP contribution is -2.49. The molecule has 132 valence electrons. The lowest BCUT2D eigenvalue weighted by atomic mass is 9.97. The fourth-order valence-electron chi connectivity index (χ4n) is 2.18. The van der Waals surface area contributed by atoms with Gasteiger partial charge in [0.1, 0.15) is 17.7 Å². The molecular formula is C16H20F2N2O4. The molecule has 3 N–H and O–H groups in total. The van der Waals surface area contributed by atoms with E-state index in [1.54, 1.807) is 6.92 Å². The molecule has 2 amide bonds. The van der Waals surface area contributed by atoms with Crippen LogP contribution in [-0.2, 0) is 25.5 Å². The fraction of sp³-hybridized carbons (Fsp3) is 0.438. The number of hydrogen-bond acceptors (Lipinski definition) is 4. The molecule has 6 nitrogen and oxygen atoms in total. The average molecular weight is 342 g/mol. The Hall–Kier alpha value is -2.51. The molecule has 8 heteroatoms. The van der Waals surface area contributed by atoms with E-state index in [1.165, 1.54) is 13.0 Å². The molecule has 0 unspecified atom stereocenters. The van der Waals surface area contributed by atoms with Crippen molar-refractivity contribution in [3.8, 4) is 0 Å². The Bertz CT molecular complexity index is 602. The molecule has 0 spiro atoms. The number of nitrogens with one attached hydrogen (secondary N) is 1. The van der Waals surface area contributed by atoms with Crippen LogP contribution in [-0.4, -0.2) is 30.4 Å². The van der Waals surface area contributed by atoms with E-state index in [0.717, 1.165) is 12.1 Å². The predicted octanol–water partition coefficient (Wildman–Crippen LogP) is 1.07. The number of hydrogen-bond donors (Lipinski definition) is 2. The highest BCUT2D eigenvalue weighted by Gasteiger charge is 2.27. The largest absolute Gasteiger partial charge is 0.466 e. The number of halogens is 2. The van der Waals surface area contributed by atoms with Gasteiger partial charge < -0.3 is 15.8 Å². The highest BCUT2D eigenvalue weighted by Crippen LogP contribution is 2.14. The second kappa shape index (κ2) is 8.95. The molecule has 0 fully saturated rings. The highest BCUT2D eigenvalue weighted by molar-refractivity contribution is 5.88. The molecule has 1 rings (SSSR count). The van der Waals surface area contributed by atoms with E-state index < -0.39 is 53.4 Å². The minimum Gasteiger partial charge on any atom is -0.466 e. The van der Waals surface area contributed by atoms with Gasteiger partial charge in [0.05, 0.1) is 19.4 Å². The molecule has 0 aliphatic carbocycles. The molecule has 0 aliphatic heterocycles. The van der Waals surface area contributed by atoms with E-state index in [9.17, 15) is 23.2 Å². The maximum atomic E-state index is 13.5. The summed E-state index contributed by atoms with van der Waals surface area (Å²) in [5.41, 5.74) is 4.83. The predicted molar refractivity (Wildman–Crippen MR) is 81.6 cm³/mol. The molecule has 24 heavy (non-hydrogen) atoms. The average Bonchev–Trinajstić information content (AvgIpc) is 2.48. The molecule has 1 aromatic rings. The summed E-state index contributed by atoms with van der Waals surface area (Å²) in [6.45, 7) is 3.36. The maximum Gasteiger partial charge on any atom is 0.306 e. The van der Waals surface area contributed by atoms with E-state index >= 15 is 0 Å². The SMILES string of the molecule is CCOC(=O)C[C@H](C)[C@@H](NC(=O)Cc1c(F)cccc1F)C(N)=O. The van der Waals surface area contributed by atoms with Gasteiger partial charge >= 0.3 is 5.97 Å². The number of nitrogens with two attached hydrogens (primary N) is 1. The van der Waals surface area contributed by atoms with Crippen molar-refractivity contribution in [2.45, 2.75) is 32.7 Å². The zero-order chi connectivity index (χ0) is 18.3. The Morgan fingerprint density at radius 1 is 1.25 bits per heavy atom. The standard InChI is InChI=1S/C16H20F2N2O4/c1-3-24-14(22)7-9(2)15(16(19)23)20-13(21)8-10-11(17)5-4-6-12(10)18/h4-6,9,15H,3,7-8H2,1-2H3,(H2,19,23)(H,20,21)/t9-,15+/m0/s1. The van der Waals surface area contributed by atoms with Crippen LogP contribution < -0.4 is 11.1 Å². The maximum absolute atomic E-state index is 13.5. The Morgan fingerprint density at radius 2 is 1.83 bits per heavy atom. The van der Waals surface area contributed by atoms with E-state index in [4.69, 9.17) is 10.5 Å². The summed E-state index contributed by atoms with van der Waals surface area (Å²) in [4.78, 5) is 34.9. The molecule has 0 bridgehead atoms. The van der Waals surface area contributed by atoms with Crippen molar-refractivity contribution in [2.75, 3.05) is 6.61 Å². The van der Waals surface area contributed by atoms with Crippen molar-refractivity contribution in [3.63, 3.8) is 0 Å². The number of esters is 1. The van der Waals surface area contributed by atoms with Crippen LogP contribution in [0.25, 0.3) is 0 Å². The summed E-state index contributed by atoms with van der Waals surface area (Å²) in [7, 11) is 0. The molecule has 0 saturated carbocycles. The van der Waals surface area contributed by atoms with Crippen molar-refractivity contribution in [1.82, 2.24) is 5.32 Å². The first-order valence-electron chi connectivity index (χ1n) is 7.43. The van der Waals surface area contributed by atoms with Gasteiger partial charge in [-0.3, -0.25) is 14.4 Å². The summed E-state index contributed by atoms with van der Waals surface area (Å²) < 4.78 is 31.9. The smallest absolute Gasteiger partial charge is 0.306 e. The number of rotatable bonds is 8. The van der Waals surface area contributed by atoms with Gasteiger partial charge in [-0.05, 0) is 25.0 Å². The number of carbonyl (C=O) groups excluding carboxylic acids is 3. The molecular weight excluding hydrogens is 322 g/mol. The van der Waals surface area contributed by atoms with Crippen molar-refractivity contribution >= 4 is 17.8 Å². The summed E-state index contributed by atoms with van der Waals surface area (Å²) in [6, 6.07) is 2.08. The van der Waals surface area contributed by atoms with Crippen LogP contribution in [0.5, 0.6) is 0 Å².